The second-order valence-corrected chi connectivity index (χ2v) is 6.14. The first-order valence-electron chi connectivity index (χ1n) is 8.22. The van der Waals surface area contributed by atoms with E-state index < -0.39 is 0 Å². The Morgan fingerprint density at radius 3 is 2.36 bits per heavy atom. The summed E-state index contributed by atoms with van der Waals surface area (Å²) in [5, 5.41) is 7.91. The molecule has 4 rings (SSSR count). The molecule has 2 aromatic heterocycles. The molecule has 0 saturated carbocycles. The first-order valence-corrected chi connectivity index (χ1v) is 8.60. The molecule has 28 heavy (non-hydrogen) atoms. The fraction of sp³-hybridized carbons (Fsp3) is 0. The summed E-state index contributed by atoms with van der Waals surface area (Å²) in [7, 11) is 0. The molecule has 9 heteroatoms. The van der Waals surface area contributed by atoms with Crippen LogP contribution in [0.5, 0.6) is 0 Å². The molecule has 0 aliphatic rings. The predicted molar refractivity (Wildman–Crippen MR) is 107 cm³/mol. The molecule has 0 aliphatic heterocycles. The van der Waals surface area contributed by atoms with Crippen LogP contribution in [-0.4, -0.2) is 26.2 Å². The summed E-state index contributed by atoms with van der Waals surface area (Å²) < 4.78 is 13.1. The highest BCUT2D eigenvalue weighted by atomic mass is 35.5. The van der Waals surface area contributed by atoms with E-state index in [1.54, 1.807) is 30.5 Å². The van der Waals surface area contributed by atoms with Crippen molar-refractivity contribution in [2.45, 2.75) is 0 Å². The Morgan fingerprint density at radius 2 is 1.61 bits per heavy atom. The van der Waals surface area contributed by atoms with E-state index in [1.165, 1.54) is 24.8 Å². The average Bonchev–Trinajstić information content (AvgIpc) is 2.70. The molecule has 7 nitrogen and oxygen atoms in total. The minimum atomic E-state index is -0.315. The van der Waals surface area contributed by atoms with Gasteiger partial charge in [-0.3, -0.25) is 5.43 Å². The number of anilines is 3. The summed E-state index contributed by atoms with van der Waals surface area (Å²) in [6.45, 7) is 0. The van der Waals surface area contributed by atoms with E-state index in [2.05, 4.69) is 35.8 Å². The molecule has 2 N–H and O–H groups in total. The van der Waals surface area contributed by atoms with Crippen LogP contribution < -0.4 is 10.7 Å². The SMILES string of the molecule is Fc1ccc(Nc2ncnc3c(NN=Cc4cccc(Cl)c4)ncnc23)cc1. The average molecular weight is 394 g/mol. The van der Waals surface area contributed by atoms with Gasteiger partial charge >= 0.3 is 0 Å². The Morgan fingerprint density at radius 1 is 0.893 bits per heavy atom. The van der Waals surface area contributed by atoms with Crippen LogP contribution in [0.15, 0.2) is 66.3 Å². The van der Waals surface area contributed by atoms with Crippen molar-refractivity contribution in [2.75, 3.05) is 10.7 Å². The van der Waals surface area contributed by atoms with Crippen LogP contribution >= 0.6 is 11.6 Å². The first kappa shape index (κ1) is 17.7. The molecule has 2 aromatic carbocycles. The maximum atomic E-state index is 13.1. The van der Waals surface area contributed by atoms with Crippen molar-refractivity contribution in [1.29, 1.82) is 0 Å². The van der Waals surface area contributed by atoms with Crippen LogP contribution in [0.4, 0.5) is 21.7 Å². The third-order valence-corrected chi connectivity index (χ3v) is 4.00. The monoisotopic (exact) mass is 393 g/mol. The van der Waals surface area contributed by atoms with Gasteiger partial charge in [-0.1, -0.05) is 23.7 Å². The summed E-state index contributed by atoms with van der Waals surface area (Å²) in [4.78, 5) is 16.9. The normalized spacial score (nSPS) is 11.1. The zero-order chi connectivity index (χ0) is 19.3. The summed E-state index contributed by atoms with van der Waals surface area (Å²) in [6.07, 6.45) is 4.40. The van der Waals surface area contributed by atoms with E-state index in [4.69, 9.17) is 11.6 Å². The Labute approximate surface area is 164 Å². The maximum absolute atomic E-state index is 13.1. The molecule has 2 heterocycles. The number of halogens is 2. The molecule has 0 bridgehead atoms. The van der Waals surface area contributed by atoms with Crippen molar-refractivity contribution in [3.8, 4) is 0 Å². The van der Waals surface area contributed by atoms with Gasteiger partial charge in [-0.05, 0) is 42.0 Å². The van der Waals surface area contributed by atoms with E-state index in [1.807, 2.05) is 12.1 Å². The van der Waals surface area contributed by atoms with Crippen LogP contribution in [0.2, 0.25) is 5.02 Å². The molecular formula is C19H13ClFN7. The summed E-state index contributed by atoms with van der Waals surface area (Å²) in [5.74, 6) is 0.582. The van der Waals surface area contributed by atoms with Gasteiger partial charge in [0.2, 0.25) is 0 Å². The highest BCUT2D eigenvalue weighted by Gasteiger charge is 2.10. The zero-order valence-corrected chi connectivity index (χ0v) is 15.1. The number of fused-ring (bicyclic) bond motifs is 1. The van der Waals surface area contributed by atoms with Crippen molar-refractivity contribution in [1.82, 2.24) is 19.9 Å². The minimum absolute atomic E-state index is 0.315. The van der Waals surface area contributed by atoms with Crippen molar-refractivity contribution in [2.24, 2.45) is 5.10 Å². The molecule has 0 amide bonds. The van der Waals surface area contributed by atoms with Crippen molar-refractivity contribution in [3.05, 3.63) is 77.6 Å². The second-order valence-electron chi connectivity index (χ2n) is 5.70. The van der Waals surface area contributed by atoms with Crippen LogP contribution in [0.1, 0.15) is 5.56 Å². The second kappa shape index (κ2) is 7.93. The Kier molecular flexibility index (Phi) is 5.03. The number of aromatic nitrogens is 4. The van der Waals surface area contributed by atoms with Gasteiger partial charge in [0.05, 0.1) is 6.21 Å². The standard InChI is InChI=1S/C19H13ClFN7/c20-13-3-1-2-12(8-13)9-26-28-19-17-16(22-11-25-19)18(24-10-23-17)27-15-6-4-14(21)5-7-15/h1-11H,(H,22,25,28)(H,23,24,27). The smallest absolute Gasteiger partial charge is 0.176 e. The third-order valence-electron chi connectivity index (χ3n) is 3.76. The molecule has 0 fully saturated rings. The molecule has 4 aromatic rings. The van der Waals surface area contributed by atoms with Crippen LogP contribution in [0.25, 0.3) is 11.0 Å². The van der Waals surface area contributed by atoms with Gasteiger partial charge in [0.25, 0.3) is 0 Å². The highest BCUT2D eigenvalue weighted by molar-refractivity contribution is 6.30. The molecule has 0 saturated heterocycles. The first-order chi connectivity index (χ1) is 13.7. The third kappa shape index (κ3) is 4.02. The van der Waals surface area contributed by atoms with Gasteiger partial charge in [0.15, 0.2) is 11.6 Å². The fourth-order valence-corrected chi connectivity index (χ4v) is 2.68. The molecule has 0 radical (unpaired) electrons. The van der Waals surface area contributed by atoms with Crippen molar-refractivity contribution < 1.29 is 4.39 Å². The van der Waals surface area contributed by atoms with E-state index in [9.17, 15) is 4.39 Å². The van der Waals surface area contributed by atoms with Crippen LogP contribution in [0, 0.1) is 5.82 Å². The zero-order valence-electron chi connectivity index (χ0n) is 14.3. The lowest BCUT2D eigenvalue weighted by atomic mass is 10.2. The van der Waals surface area contributed by atoms with E-state index >= 15 is 0 Å². The lowest BCUT2D eigenvalue weighted by molar-refractivity contribution is 0.628. The molecule has 0 unspecified atom stereocenters. The van der Waals surface area contributed by atoms with Crippen LogP contribution in [0.3, 0.4) is 0 Å². The molecule has 0 atom stereocenters. The summed E-state index contributed by atoms with van der Waals surface area (Å²) >= 11 is 5.96. The Balaban J connectivity index is 1.60. The molecule has 138 valence electrons. The maximum Gasteiger partial charge on any atom is 0.176 e. The van der Waals surface area contributed by atoms with Crippen molar-refractivity contribution >= 4 is 46.2 Å². The van der Waals surface area contributed by atoms with Gasteiger partial charge in [-0.25, -0.2) is 24.3 Å². The van der Waals surface area contributed by atoms with Gasteiger partial charge in [0.1, 0.15) is 29.5 Å². The lowest BCUT2D eigenvalue weighted by Crippen LogP contribution is -2.02. The summed E-state index contributed by atoms with van der Waals surface area (Å²) in [6, 6.07) is 13.2. The van der Waals surface area contributed by atoms with Gasteiger partial charge in [-0.15, -0.1) is 0 Å². The van der Waals surface area contributed by atoms with E-state index in [-0.39, 0.29) is 5.82 Å². The molecular weight excluding hydrogens is 381 g/mol. The number of nitrogens with one attached hydrogen (secondary N) is 2. The molecule has 0 spiro atoms. The Bertz CT molecular complexity index is 1150. The quantitative estimate of drug-likeness (QED) is 0.386. The van der Waals surface area contributed by atoms with Crippen molar-refractivity contribution in [3.63, 3.8) is 0 Å². The van der Waals surface area contributed by atoms with Gasteiger partial charge in [-0.2, -0.15) is 5.10 Å². The lowest BCUT2D eigenvalue weighted by Gasteiger charge is -2.09. The largest absolute Gasteiger partial charge is 0.338 e. The molecule has 0 aliphatic carbocycles. The number of nitrogens with zero attached hydrogens (tertiary/aromatic N) is 5. The predicted octanol–water partition coefficient (Wildman–Crippen LogP) is 4.40. The number of hydrogen-bond donors (Lipinski definition) is 2. The minimum Gasteiger partial charge on any atom is -0.338 e. The topological polar surface area (TPSA) is 88.0 Å². The van der Waals surface area contributed by atoms with E-state index in [0.717, 1.165) is 5.56 Å². The highest BCUT2D eigenvalue weighted by Crippen LogP contribution is 2.24. The van der Waals surface area contributed by atoms with Gasteiger partial charge < -0.3 is 5.32 Å². The summed E-state index contributed by atoms with van der Waals surface area (Å²) in [5.41, 5.74) is 5.37. The van der Waals surface area contributed by atoms with Crippen LogP contribution in [-0.2, 0) is 0 Å². The number of rotatable bonds is 5. The van der Waals surface area contributed by atoms with Gasteiger partial charge in [0, 0.05) is 10.7 Å². The Hall–Kier alpha value is -3.65. The number of hydrazone groups is 1. The van der Waals surface area contributed by atoms with E-state index in [0.29, 0.717) is 33.4 Å². The fourth-order valence-electron chi connectivity index (χ4n) is 2.48. The number of hydrogen-bond acceptors (Lipinski definition) is 7. The number of benzene rings is 2.